The molecular formula is C13H17ClFNO2. The van der Waals surface area contributed by atoms with Gasteiger partial charge < -0.3 is 15.2 Å². The fourth-order valence-corrected chi connectivity index (χ4v) is 2.26. The second-order valence-electron chi connectivity index (χ2n) is 4.68. The lowest BCUT2D eigenvalue weighted by atomic mass is 9.94. The van der Waals surface area contributed by atoms with Gasteiger partial charge in [-0.2, -0.15) is 0 Å². The van der Waals surface area contributed by atoms with E-state index in [0.29, 0.717) is 44.2 Å². The molecule has 1 aromatic carbocycles. The molecule has 1 heterocycles. The molecule has 0 radical (unpaired) electrons. The maximum Gasteiger partial charge on any atom is 0.124 e. The minimum atomic E-state index is -0.704. The van der Waals surface area contributed by atoms with Crippen molar-refractivity contribution in [1.29, 1.82) is 0 Å². The van der Waals surface area contributed by atoms with Crippen LogP contribution in [0.3, 0.4) is 0 Å². The van der Waals surface area contributed by atoms with Crippen LogP contribution in [0.2, 0.25) is 5.02 Å². The van der Waals surface area contributed by atoms with E-state index in [2.05, 4.69) is 5.32 Å². The zero-order valence-electron chi connectivity index (χ0n) is 10.1. The van der Waals surface area contributed by atoms with Gasteiger partial charge in [0.2, 0.25) is 0 Å². The van der Waals surface area contributed by atoms with Crippen LogP contribution in [0.25, 0.3) is 0 Å². The van der Waals surface area contributed by atoms with E-state index < -0.39 is 5.60 Å². The summed E-state index contributed by atoms with van der Waals surface area (Å²) in [6.07, 6.45) is 1.27. The molecule has 1 aliphatic rings. The van der Waals surface area contributed by atoms with E-state index in [4.69, 9.17) is 16.3 Å². The standard InChI is InChI=1S/C13H17ClFNO2/c14-12-7-11(15)2-1-10(12)8-16-9-13(17)3-5-18-6-4-13/h1-2,7,16-17H,3-6,8-9H2. The van der Waals surface area contributed by atoms with E-state index in [1.54, 1.807) is 6.07 Å². The molecule has 0 aliphatic carbocycles. The fourth-order valence-electron chi connectivity index (χ4n) is 2.02. The van der Waals surface area contributed by atoms with Gasteiger partial charge in [0.1, 0.15) is 5.82 Å². The van der Waals surface area contributed by atoms with Crippen molar-refractivity contribution in [3.05, 3.63) is 34.6 Å². The SMILES string of the molecule is OC1(CNCc2ccc(F)cc2Cl)CCOCC1. The smallest absolute Gasteiger partial charge is 0.124 e. The Balaban J connectivity index is 1.84. The van der Waals surface area contributed by atoms with Crippen LogP contribution in [0.1, 0.15) is 18.4 Å². The van der Waals surface area contributed by atoms with Crippen LogP contribution in [0.15, 0.2) is 18.2 Å². The van der Waals surface area contributed by atoms with Crippen molar-refractivity contribution in [2.45, 2.75) is 25.0 Å². The third-order valence-electron chi connectivity index (χ3n) is 3.21. The van der Waals surface area contributed by atoms with Crippen molar-refractivity contribution in [2.75, 3.05) is 19.8 Å². The zero-order chi connectivity index (χ0) is 13.0. The van der Waals surface area contributed by atoms with Gasteiger partial charge in [0.25, 0.3) is 0 Å². The van der Waals surface area contributed by atoms with Gasteiger partial charge in [0, 0.05) is 44.2 Å². The Kier molecular flexibility index (Phi) is 4.56. The Morgan fingerprint density at radius 1 is 1.39 bits per heavy atom. The molecule has 1 saturated heterocycles. The Labute approximate surface area is 111 Å². The lowest BCUT2D eigenvalue weighted by Gasteiger charge is -2.32. The number of ether oxygens (including phenoxy) is 1. The first-order chi connectivity index (χ1) is 8.59. The van der Waals surface area contributed by atoms with E-state index in [0.717, 1.165) is 5.56 Å². The highest BCUT2D eigenvalue weighted by molar-refractivity contribution is 6.31. The number of hydrogen-bond donors (Lipinski definition) is 2. The van der Waals surface area contributed by atoms with Gasteiger partial charge in [-0.3, -0.25) is 0 Å². The number of benzene rings is 1. The predicted molar refractivity (Wildman–Crippen MR) is 68.1 cm³/mol. The van der Waals surface area contributed by atoms with Crippen LogP contribution in [0.4, 0.5) is 4.39 Å². The average molecular weight is 274 g/mol. The largest absolute Gasteiger partial charge is 0.388 e. The minimum absolute atomic E-state index is 0.341. The molecule has 1 fully saturated rings. The van der Waals surface area contributed by atoms with Crippen LogP contribution in [-0.4, -0.2) is 30.5 Å². The second-order valence-corrected chi connectivity index (χ2v) is 5.08. The lowest BCUT2D eigenvalue weighted by Crippen LogP contribution is -2.44. The van der Waals surface area contributed by atoms with Crippen LogP contribution in [-0.2, 0) is 11.3 Å². The minimum Gasteiger partial charge on any atom is -0.388 e. The molecule has 3 nitrogen and oxygen atoms in total. The Morgan fingerprint density at radius 2 is 2.11 bits per heavy atom. The molecule has 0 atom stereocenters. The predicted octanol–water partition coefficient (Wildman–Crippen LogP) is 2.11. The molecule has 0 amide bonds. The molecule has 0 saturated carbocycles. The average Bonchev–Trinajstić information content (AvgIpc) is 2.33. The molecule has 5 heteroatoms. The van der Waals surface area contributed by atoms with Crippen LogP contribution >= 0.6 is 11.6 Å². The zero-order valence-corrected chi connectivity index (χ0v) is 10.8. The summed E-state index contributed by atoms with van der Waals surface area (Å²) in [6, 6.07) is 4.33. The molecular weight excluding hydrogens is 257 g/mol. The Morgan fingerprint density at radius 3 is 2.78 bits per heavy atom. The van der Waals surface area contributed by atoms with E-state index in [9.17, 15) is 9.50 Å². The molecule has 100 valence electrons. The molecule has 0 spiro atoms. The van der Waals surface area contributed by atoms with Crippen LogP contribution in [0, 0.1) is 5.82 Å². The summed E-state index contributed by atoms with van der Waals surface area (Å²) >= 11 is 5.92. The third-order valence-corrected chi connectivity index (χ3v) is 3.56. The van der Waals surface area contributed by atoms with Gasteiger partial charge in [-0.05, 0) is 17.7 Å². The molecule has 2 rings (SSSR count). The summed E-state index contributed by atoms with van der Waals surface area (Å²) in [6.45, 7) is 2.19. The van der Waals surface area contributed by atoms with Crippen molar-refractivity contribution in [1.82, 2.24) is 5.32 Å². The van der Waals surface area contributed by atoms with Gasteiger partial charge >= 0.3 is 0 Å². The van der Waals surface area contributed by atoms with Crippen molar-refractivity contribution >= 4 is 11.6 Å². The van der Waals surface area contributed by atoms with Crippen molar-refractivity contribution < 1.29 is 14.2 Å². The van der Waals surface area contributed by atoms with Gasteiger partial charge in [-0.15, -0.1) is 0 Å². The van der Waals surface area contributed by atoms with Gasteiger partial charge in [-0.1, -0.05) is 17.7 Å². The first-order valence-electron chi connectivity index (χ1n) is 6.04. The Bertz CT molecular complexity index is 408. The maximum atomic E-state index is 12.9. The van der Waals surface area contributed by atoms with Gasteiger partial charge in [-0.25, -0.2) is 4.39 Å². The highest BCUT2D eigenvalue weighted by atomic mass is 35.5. The van der Waals surface area contributed by atoms with Gasteiger partial charge in [0.05, 0.1) is 5.60 Å². The molecule has 2 N–H and O–H groups in total. The summed E-state index contributed by atoms with van der Waals surface area (Å²) in [7, 11) is 0. The van der Waals surface area contributed by atoms with Crippen molar-refractivity contribution in [3.63, 3.8) is 0 Å². The molecule has 1 aliphatic heterocycles. The van der Waals surface area contributed by atoms with Crippen LogP contribution < -0.4 is 5.32 Å². The van der Waals surface area contributed by atoms with Crippen molar-refractivity contribution in [3.8, 4) is 0 Å². The molecule has 0 bridgehead atoms. The summed E-state index contributed by atoms with van der Waals surface area (Å²) in [5.41, 5.74) is 0.124. The highest BCUT2D eigenvalue weighted by Crippen LogP contribution is 2.20. The molecule has 0 unspecified atom stereocenters. The topological polar surface area (TPSA) is 41.5 Å². The first kappa shape index (κ1) is 13.7. The van der Waals surface area contributed by atoms with E-state index in [1.807, 2.05) is 0 Å². The number of nitrogens with one attached hydrogen (secondary N) is 1. The first-order valence-corrected chi connectivity index (χ1v) is 6.42. The quantitative estimate of drug-likeness (QED) is 0.883. The van der Waals surface area contributed by atoms with Crippen molar-refractivity contribution in [2.24, 2.45) is 0 Å². The van der Waals surface area contributed by atoms with E-state index in [-0.39, 0.29) is 5.82 Å². The number of halogens is 2. The second kappa shape index (κ2) is 5.97. The van der Waals surface area contributed by atoms with Crippen LogP contribution in [0.5, 0.6) is 0 Å². The number of hydrogen-bond acceptors (Lipinski definition) is 3. The molecule has 18 heavy (non-hydrogen) atoms. The normalized spacial score (nSPS) is 18.8. The summed E-state index contributed by atoms with van der Waals surface area (Å²) < 4.78 is 18.1. The molecule has 1 aromatic rings. The summed E-state index contributed by atoms with van der Waals surface area (Å²) in [4.78, 5) is 0. The van der Waals surface area contributed by atoms with Gasteiger partial charge in [0.15, 0.2) is 0 Å². The van der Waals surface area contributed by atoms with E-state index in [1.165, 1.54) is 12.1 Å². The third kappa shape index (κ3) is 3.65. The highest BCUT2D eigenvalue weighted by Gasteiger charge is 2.29. The van der Waals surface area contributed by atoms with E-state index >= 15 is 0 Å². The fraction of sp³-hybridized carbons (Fsp3) is 0.538. The lowest BCUT2D eigenvalue weighted by molar-refractivity contribution is -0.0617. The number of rotatable bonds is 4. The summed E-state index contributed by atoms with van der Waals surface area (Å²) in [5, 5.41) is 13.8. The Hall–Kier alpha value is -0.680. The molecule has 0 aromatic heterocycles. The summed E-state index contributed by atoms with van der Waals surface area (Å²) in [5.74, 6) is -0.341. The number of aliphatic hydroxyl groups is 1. The monoisotopic (exact) mass is 273 g/mol. The maximum absolute atomic E-state index is 12.9.